The van der Waals surface area contributed by atoms with Gasteiger partial charge in [-0.3, -0.25) is 9.78 Å². The number of benzene rings is 2. The van der Waals surface area contributed by atoms with Gasteiger partial charge in [0.15, 0.2) is 0 Å². The van der Waals surface area contributed by atoms with Crippen LogP contribution in [0, 0.1) is 19.8 Å². The second-order valence-electron chi connectivity index (χ2n) is 7.88. The molecule has 0 saturated carbocycles. The van der Waals surface area contributed by atoms with E-state index in [1.165, 1.54) is 5.69 Å². The Morgan fingerprint density at radius 1 is 1.21 bits per heavy atom. The molecule has 1 atom stereocenters. The molecule has 3 aromatic rings. The van der Waals surface area contributed by atoms with E-state index >= 15 is 0 Å². The predicted octanol–water partition coefficient (Wildman–Crippen LogP) is 4.80. The van der Waals surface area contributed by atoms with E-state index in [1.54, 1.807) is 0 Å². The molecule has 1 fully saturated rings. The minimum Gasteiger partial charge on any atom is -0.371 e. The van der Waals surface area contributed by atoms with Crippen molar-refractivity contribution in [1.82, 2.24) is 10.3 Å². The first-order valence-electron chi connectivity index (χ1n) is 10.1. The first-order valence-corrected chi connectivity index (χ1v) is 10.9. The van der Waals surface area contributed by atoms with Gasteiger partial charge in [0, 0.05) is 40.9 Å². The van der Waals surface area contributed by atoms with Gasteiger partial charge in [-0.05, 0) is 61.6 Å². The van der Waals surface area contributed by atoms with Crippen LogP contribution in [0.1, 0.15) is 23.2 Å². The Balaban J connectivity index is 1.36. The molecule has 1 aliphatic rings. The average Bonchev–Trinajstić information content (AvgIpc) is 3.19. The number of carbonyl (C=O) groups excluding carboxylic acids is 1. The number of pyridine rings is 1. The Kier molecular flexibility index (Phi) is 5.86. The van der Waals surface area contributed by atoms with Crippen LogP contribution in [0.2, 0.25) is 0 Å². The predicted molar refractivity (Wildman–Crippen MR) is 122 cm³/mol. The van der Waals surface area contributed by atoms with Crippen molar-refractivity contribution >= 4 is 38.4 Å². The molecule has 4 nitrogen and oxygen atoms in total. The topological polar surface area (TPSA) is 45.2 Å². The number of halogens is 1. The lowest BCUT2D eigenvalue weighted by atomic mass is 9.99. The number of nitrogens with one attached hydrogen (secondary N) is 1. The van der Waals surface area contributed by atoms with Crippen LogP contribution in [0.5, 0.6) is 0 Å². The minimum absolute atomic E-state index is 0.0780. The number of aryl methyl sites for hydroxylation is 2. The first-order chi connectivity index (χ1) is 14.0. The molecule has 1 N–H and O–H groups in total. The quantitative estimate of drug-likeness (QED) is 0.605. The highest BCUT2D eigenvalue weighted by Gasteiger charge is 2.23. The van der Waals surface area contributed by atoms with Crippen LogP contribution in [0.3, 0.4) is 0 Å². The van der Waals surface area contributed by atoms with Crippen LogP contribution >= 0.6 is 15.9 Å². The van der Waals surface area contributed by atoms with Crippen molar-refractivity contribution in [3.05, 3.63) is 69.8 Å². The van der Waals surface area contributed by atoms with Gasteiger partial charge in [0.2, 0.25) is 5.91 Å². The maximum Gasteiger partial charge on any atom is 0.224 e. The van der Waals surface area contributed by atoms with Crippen LogP contribution in [0.15, 0.2) is 53.0 Å². The normalized spacial score (nSPS) is 16.4. The molecule has 0 bridgehead atoms. The highest BCUT2D eigenvalue weighted by molar-refractivity contribution is 9.10. The van der Waals surface area contributed by atoms with Crippen LogP contribution in [0.4, 0.5) is 5.69 Å². The summed E-state index contributed by atoms with van der Waals surface area (Å²) in [6, 6.07) is 16.5. The molecule has 29 heavy (non-hydrogen) atoms. The Morgan fingerprint density at radius 2 is 2.03 bits per heavy atom. The summed E-state index contributed by atoms with van der Waals surface area (Å²) in [5, 5.41) is 4.28. The van der Waals surface area contributed by atoms with Gasteiger partial charge in [0.1, 0.15) is 0 Å². The summed E-state index contributed by atoms with van der Waals surface area (Å²) in [4.78, 5) is 19.7. The number of hydrogen-bond donors (Lipinski definition) is 1. The zero-order valence-electron chi connectivity index (χ0n) is 16.9. The molecule has 4 rings (SSSR count). The minimum atomic E-state index is 0.0780. The number of hydrogen-bond acceptors (Lipinski definition) is 3. The van der Waals surface area contributed by atoms with Gasteiger partial charge in [0.25, 0.3) is 0 Å². The van der Waals surface area contributed by atoms with E-state index in [4.69, 9.17) is 0 Å². The van der Waals surface area contributed by atoms with Gasteiger partial charge in [-0.25, -0.2) is 0 Å². The number of fused-ring (bicyclic) bond motifs is 1. The summed E-state index contributed by atoms with van der Waals surface area (Å²) >= 11 is 3.54. The van der Waals surface area contributed by atoms with Crippen LogP contribution < -0.4 is 10.2 Å². The maximum absolute atomic E-state index is 12.6. The molecule has 0 aliphatic carbocycles. The second kappa shape index (κ2) is 8.54. The number of aromatic nitrogens is 1. The lowest BCUT2D eigenvalue weighted by Crippen LogP contribution is -2.32. The molecule has 1 saturated heterocycles. The fraction of sp³-hybridized carbons (Fsp3) is 0.333. The standard InChI is InChI=1S/C24H26BrN3O/c1-16-21-8-3-4-9-23(21)27-17(2)22(16)13-24(29)26-14-18-10-11-28(15-18)20-7-5-6-19(25)12-20/h3-9,12,18H,10-11,13-15H2,1-2H3,(H,26,29). The Bertz CT molecular complexity index is 1050. The number of para-hydroxylation sites is 1. The van der Waals surface area contributed by atoms with Gasteiger partial charge >= 0.3 is 0 Å². The maximum atomic E-state index is 12.6. The highest BCUT2D eigenvalue weighted by atomic mass is 79.9. The van der Waals surface area contributed by atoms with Crippen molar-refractivity contribution < 1.29 is 4.79 Å². The van der Waals surface area contributed by atoms with Gasteiger partial charge in [-0.2, -0.15) is 0 Å². The Labute approximate surface area is 180 Å². The lowest BCUT2D eigenvalue weighted by Gasteiger charge is -2.19. The van der Waals surface area contributed by atoms with Gasteiger partial charge < -0.3 is 10.2 Å². The number of anilines is 1. The molecule has 0 radical (unpaired) electrons. The number of carbonyl (C=O) groups is 1. The number of rotatable bonds is 5. The zero-order valence-corrected chi connectivity index (χ0v) is 18.5. The molecule has 2 aromatic carbocycles. The van der Waals surface area contributed by atoms with Crippen molar-refractivity contribution in [2.24, 2.45) is 5.92 Å². The third-order valence-electron chi connectivity index (χ3n) is 5.87. The van der Waals surface area contributed by atoms with Crippen molar-refractivity contribution in [3.63, 3.8) is 0 Å². The first kappa shape index (κ1) is 19.9. The number of nitrogens with zero attached hydrogens (tertiary/aromatic N) is 2. The van der Waals surface area contributed by atoms with E-state index in [1.807, 2.05) is 31.2 Å². The molecule has 0 spiro atoms. The second-order valence-corrected chi connectivity index (χ2v) is 8.80. The molecule has 1 aromatic heterocycles. The van der Waals surface area contributed by atoms with Gasteiger partial charge in [0.05, 0.1) is 11.9 Å². The summed E-state index contributed by atoms with van der Waals surface area (Å²) in [6.45, 7) is 6.82. The third-order valence-corrected chi connectivity index (χ3v) is 6.36. The summed E-state index contributed by atoms with van der Waals surface area (Å²) in [7, 11) is 0. The lowest BCUT2D eigenvalue weighted by molar-refractivity contribution is -0.120. The zero-order chi connectivity index (χ0) is 20.4. The highest BCUT2D eigenvalue weighted by Crippen LogP contribution is 2.26. The smallest absolute Gasteiger partial charge is 0.224 e. The SMILES string of the molecule is Cc1nc2ccccc2c(C)c1CC(=O)NCC1CCN(c2cccc(Br)c2)C1. The van der Waals surface area contributed by atoms with E-state index in [-0.39, 0.29) is 5.91 Å². The van der Waals surface area contributed by atoms with Crippen molar-refractivity contribution in [1.29, 1.82) is 0 Å². The largest absolute Gasteiger partial charge is 0.371 e. The Morgan fingerprint density at radius 3 is 2.86 bits per heavy atom. The van der Waals surface area contributed by atoms with Crippen LogP contribution in [-0.4, -0.2) is 30.5 Å². The Hall–Kier alpha value is -2.40. The van der Waals surface area contributed by atoms with Crippen LogP contribution in [-0.2, 0) is 11.2 Å². The van der Waals surface area contributed by atoms with E-state index in [0.717, 1.165) is 58.3 Å². The summed E-state index contributed by atoms with van der Waals surface area (Å²) in [5.74, 6) is 0.559. The molecular weight excluding hydrogens is 426 g/mol. The third kappa shape index (κ3) is 4.45. The monoisotopic (exact) mass is 451 g/mol. The molecule has 150 valence electrons. The summed E-state index contributed by atoms with van der Waals surface area (Å²) in [6.07, 6.45) is 1.49. The molecular formula is C24H26BrN3O. The number of amides is 1. The molecule has 1 aliphatic heterocycles. The van der Waals surface area contributed by atoms with Gasteiger partial charge in [-0.1, -0.05) is 40.2 Å². The molecule has 2 heterocycles. The van der Waals surface area contributed by atoms with E-state index in [0.29, 0.717) is 12.3 Å². The fourth-order valence-electron chi connectivity index (χ4n) is 4.22. The van der Waals surface area contributed by atoms with Crippen molar-refractivity contribution in [2.75, 3.05) is 24.5 Å². The van der Waals surface area contributed by atoms with Crippen LogP contribution in [0.25, 0.3) is 10.9 Å². The molecule has 1 unspecified atom stereocenters. The van der Waals surface area contributed by atoms with Crippen molar-refractivity contribution in [2.45, 2.75) is 26.7 Å². The van der Waals surface area contributed by atoms with E-state index < -0.39 is 0 Å². The average molecular weight is 452 g/mol. The van der Waals surface area contributed by atoms with E-state index in [9.17, 15) is 4.79 Å². The van der Waals surface area contributed by atoms with Gasteiger partial charge in [-0.15, -0.1) is 0 Å². The molecule has 1 amide bonds. The van der Waals surface area contributed by atoms with E-state index in [2.05, 4.69) is 62.3 Å². The molecule has 5 heteroatoms. The van der Waals surface area contributed by atoms with Crippen molar-refractivity contribution in [3.8, 4) is 0 Å². The summed E-state index contributed by atoms with van der Waals surface area (Å²) < 4.78 is 1.10. The summed E-state index contributed by atoms with van der Waals surface area (Å²) in [5.41, 5.74) is 5.37. The fourth-order valence-corrected chi connectivity index (χ4v) is 4.61.